The number of β-amino-alcohol motifs (C(OH)–C–C–N with tert-alkyl or cyclic N) is 1. The molecule has 6 heteroatoms. The molecule has 1 heterocycles. The average Bonchev–Trinajstić information content (AvgIpc) is 2.28. The lowest BCUT2D eigenvalue weighted by molar-refractivity contribution is 0.0931. The fourth-order valence-electron chi connectivity index (χ4n) is 2.58. The van der Waals surface area contributed by atoms with Crippen molar-refractivity contribution < 1.29 is 13.5 Å². The van der Waals surface area contributed by atoms with Crippen LogP contribution in [0.5, 0.6) is 0 Å². The normalized spacial score (nSPS) is 20.9. The molecule has 0 aromatic rings. The Bertz CT molecular complexity index is 349. The van der Waals surface area contributed by atoms with E-state index in [0.717, 1.165) is 39.0 Å². The average molecular weight is 292 g/mol. The number of rotatable bonds is 7. The monoisotopic (exact) mass is 292 g/mol. The summed E-state index contributed by atoms with van der Waals surface area (Å²) in [5.74, 6) is 0.888. The lowest BCUT2D eigenvalue weighted by atomic mass is 9.96. The molecule has 0 bridgehead atoms. The highest BCUT2D eigenvalue weighted by molar-refractivity contribution is 7.90. The van der Waals surface area contributed by atoms with Gasteiger partial charge in [0, 0.05) is 25.9 Å². The van der Waals surface area contributed by atoms with Gasteiger partial charge in [0.25, 0.3) is 0 Å². The van der Waals surface area contributed by atoms with E-state index < -0.39 is 9.84 Å². The summed E-state index contributed by atoms with van der Waals surface area (Å²) in [6, 6.07) is 0. The Morgan fingerprint density at radius 3 is 2.42 bits per heavy atom. The van der Waals surface area contributed by atoms with Gasteiger partial charge in [0.2, 0.25) is 0 Å². The van der Waals surface area contributed by atoms with Gasteiger partial charge in [-0.2, -0.15) is 0 Å². The number of piperidine rings is 1. The zero-order chi connectivity index (χ0) is 14.5. The number of nitrogens with zero attached hydrogens (tertiary/aromatic N) is 2. The Kier molecular flexibility index (Phi) is 6.73. The molecule has 1 N–H and O–H groups in total. The highest BCUT2D eigenvalue weighted by Gasteiger charge is 2.21. The third kappa shape index (κ3) is 7.87. The maximum absolute atomic E-state index is 11.1. The van der Waals surface area contributed by atoms with Crippen LogP contribution in [-0.2, 0) is 9.84 Å². The summed E-state index contributed by atoms with van der Waals surface area (Å²) in [6.07, 6.45) is 3.30. The lowest BCUT2D eigenvalue weighted by Crippen LogP contribution is -2.41. The van der Waals surface area contributed by atoms with E-state index in [9.17, 15) is 13.5 Å². The van der Waals surface area contributed by atoms with Gasteiger partial charge < -0.3 is 14.9 Å². The van der Waals surface area contributed by atoms with Gasteiger partial charge in [-0.25, -0.2) is 8.42 Å². The molecule has 0 aromatic carbocycles. The molecule has 1 rings (SSSR count). The molecule has 1 fully saturated rings. The highest BCUT2D eigenvalue weighted by atomic mass is 32.2. The number of hydrogen-bond acceptors (Lipinski definition) is 5. The number of aliphatic hydroxyl groups excluding tert-OH is 1. The molecule has 0 unspecified atom stereocenters. The Morgan fingerprint density at radius 2 is 1.95 bits per heavy atom. The van der Waals surface area contributed by atoms with Crippen LogP contribution in [0.15, 0.2) is 0 Å². The van der Waals surface area contributed by atoms with E-state index in [1.165, 1.54) is 6.26 Å². The minimum absolute atomic E-state index is 0.240. The van der Waals surface area contributed by atoms with Crippen molar-refractivity contribution in [2.45, 2.75) is 25.9 Å². The van der Waals surface area contributed by atoms with Crippen LogP contribution in [0.3, 0.4) is 0 Å². The fourth-order valence-corrected chi connectivity index (χ4v) is 3.22. The largest absolute Gasteiger partial charge is 0.392 e. The Morgan fingerprint density at radius 1 is 1.37 bits per heavy atom. The van der Waals surface area contributed by atoms with Crippen LogP contribution >= 0.6 is 0 Å². The molecule has 19 heavy (non-hydrogen) atoms. The molecule has 114 valence electrons. The van der Waals surface area contributed by atoms with Crippen LogP contribution in [-0.4, -0.2) is 81.2 Å². The van der Waals surface area contributed by atoms with Gasteiger partial charge in [-0.15, -0.1) is 0 Å². The molecule has 0 amide bonds. The SMILES string of the molecule is C[C@@H](O)CN1CCC(CN(C)CCS(C)(=O)=O)CC1. The first-order valence-electron chi connectivity index (χ1n) is 7.03. The van der Waals surface area contributed by atoms with Crippen LogP contribution in [0.2, 0.25) is 0 Å². The third-order valence-electron chi connectivity index (χ3n) is 3.64. The molecular formula is C13H28N2O3S. The minimum Gasteiger partial charge on any atom is -0.392 e. The molecule has 1 aliphatic heterocycles. The lowest BCUT2D eigenvalue weighted by Gasteiger charge is -2.34. The summed E-state index contributed by atoms with van der Waals surface area (Å²) in [5.41, 5.74) is 0. The van der Waals surface area contributed by atoms with Crippen molar-refractivity contribution in [3.63, 3.8) is 0 Å². The van der Waals surface area contributed by atoms with Gasteiger partial charge in [0.05, 0.1) is 11.9 Å². The first-order chi connectivity index (χ1) is 8.76. The third-order valence-corrected chi connectivity index (χ3v) is 4.57. The molecule has 0 radical (unpaired) electrons. The summed E-state index contributed by atoms with van der Waals surface area (Å²) in [6.45, 7) is 6.25. The Hall–Kier alpha value is -0.170. The fraction of sp³-hybridized carbons (Fsp3) is 1.00. The van der Waals surface area contributed by atoms with Gasteiger partial charge in [0.15, 0.2) is 0 Å². The molecule has 1 saturated heterocycles. The van der Waals surface area contributed by atoms with Gasteiger partial charge in [-0.05, 0) is 45.8 Å². The van der Waals surface area contributed by atoms with Gasteiger partial charge in [-0.1, -0.05) is 0 Å². The standard InChI is InChI=1S/C13H28N2O3S/c1-12(16)10-15-6-4-13(5-7-15)11-14(2)8-9-19(3,17)18/h12-13,16H,4-11H2,1-3H3/t12-/m1/s1. The smallest absolute Gasteiger partial charge is 0.148 e. The Labute approximate surface area is 117 Å². The molecule has 0 aliphatic carbocycles. The van der Waals surface area contributed by atoms with Gasteiger partial charge in [0.1, 0.15) is 9.84 Å². The minimum atomic E-state index is -2.86. The predicted molar refractivity (Wildman–Crippen MR) is 78.1 cm³/mol. The second-order valence-electron chi connectivity index (χ2n) is 5.99. The molecule has 0 saturated carbocycles. The van der Waals surface area contributed by atoms with Crippen molar-refractivity contribution in [3.8, 4) is 0 Å². The summed E-state index contributed by atoms with van der Waals surface area (Å²) in [7, 11) is -0.867. The van der Waals surface area contributed by atoms with E-state index in [-0.39, 0.29) is 11.9 Å². The quantitative estimate of drug-likeness (QED) is 0.719. The first-order valence-corrected chi connectivity index (χ1v) is 9.09. The molecule has 0 spiro atoms. The summed E-state index contributed by atoms with van der Waals surface area (Å²) in [4.78, 5) is 4.42. The zero-order valence-electron chi connectivity index (χ0n) is 12.4. The van der Waals surface area contributed by atoms with Crippen molar-refractivity contribution in [2.24, 2.45) is 5.92 Å². The maximum Gasteiger partial charge on any atom is 0.148 e. The van der Waals surface area contributed by atoms with Gasteiger partial charge in [-0.3, -0.25) is 0 Å². The first kappa shape index (κ1) is 16.9. The van der Waals surface area contributed by atoms with E-state index in [1.54, 1.807) is 0 Å². The van der Waals surface area contributed by atoms with Crippen LogP contribution in [0.25, 0.3) is 0 Å². The summed E-state index contributed by atoms with van der Waals surface area (Å²) in [5, 5.41) is 9.36. The summed E-state index contributed by atoms with van der Waals surface area (Å²) < 4.78 is 22.2. The molecular weight excluding hydrogens is 264 g/mol. The molecule has 5 nitrogen and oxygen atoms in total. The molecule has 1 aliphatic rings. The number of aliphatic hydroxyl groups is 1. The number of sulfone groups is 1. The number of likely N-dealkylation sites (tertiary alicyclic amines) is 1. The second kappa shape index (κ2) is 7.57. The van der Waals surface area contributed by atoms with Gasteiger partial charge >= 0.3 is 0 Å². The number of hydrogen-bond donors (Lipinski definition) is 1. The van der Waals surface area contributed by atoms with E-state index in [0.29, 0.717) is 12.5 Å². The van der Waals surface area contributed by atoms with Crippen molar-refractivity contribution in [3.05, 3.63) is 0 Å². The van der Waals surface area contributed by atoms with Crippen LogP contribution in [0.4, 0.5) is 0 Å². The van der Waals surface area contributed by atoms with Crippen molar-refractivity contribution in [1.82, 2.24) is 9.80 Å². The predicted octanol–water partition coefficient (Wildman–Crippen LogP) is 0.0556. The second-order valence-corrected chi connectivity index (χ2v) is 8.24. The summed E-state index contributed by atoms with van der Waals surface area (Å²) >= 11 is 0. The molecule has 1 atom stereocenters. The molecule has 0 aromatic heterocycles. The van der Waals surface area contributed by atoms with E-state index in [2.05, 4.69) is 9.80 Å². The maximum atomic E-state index is 11.1. The van der Waals surface area contributed by atoms with E-state index in [4.69, 9.17) is 0 Å². The van der Waals surface area contributed by atoms with Crippen LogP contribution < -0.4 is 0 Å². The van der Waals surface area contributed by atoms with E-state index in [1.807, 2.05) is 14.0 Å². The zero-order valence-corrected chi connectivity index (χ0v) is 13.2. The highest BCUT2D eigenvalue weighted by Crippen LogP contribution is 2.18. The van der Waals surface area contributed by atoms with E-state index >= 15 is 0 Å². The van der Waals surface area contributed by atoms with Crippen LogP contribution in [0.1, 0.15) is 19.8 Å². The van der Waals surface area contributed by atoms with Crippen molar-refractivity contribution in [2.75, 3.05) is 51.8 Å². The van der Waals surface area contributed by atoms with Crippen LogP contribution in [0, 0.1) is 5.92 Å². The Balaban J connectivity index is 2.21. The topological polar surface area (TPSA) is 60.9 Å². The van der Waals surface area contributed by atoms with Crippen molar-refractivity contribution >= 4 is 9.84 Å². The van der Waals surface area contributed by atoms with Crippen molar-refractivity contribution in [1.29, 1.82) is 0 Å².